The molecule has 0 fully saturated rings. The fourth-order valence-corrected chi connectivity index (χ4v) is 0. The van der Waals surface area contributed by atoms with Gasteiger partial charge >= 0.3 is 52.4 Å². The first kappa shape index (κ1) is 48.4. The summed E-state index contributed by atoms with van der Waals surface area (Å²) in [4.78, 5) is 0. The van der Waals surface area contributed by atoms with E-state index in [2.05, 4.69) is 0 Å². The fourth-order valence-electron chi connectivity index (χ4n) is 0. The minimum atomic E-state index is 0. The Kier molecular flexibility index (Phi) is 294. The smallest absolute Gasteiger partial charge is 1.00 e. The van der Waals surface area contributed by atoms with E-state index < -0.39 is 0 Å². The van der Waals surface area contributed by atoms with Crippen LogP contribution in [-0.4, -0.2) is 0 Å². The van der Waals surface area contributed by atoms with Crippen LogP contribution in [0.4, 0.5) is 0 Å². The Morgan fingerprint density at radius 2 is 0.600 bits per heavy atom. The van der Waals surface area contributed by atoms with Crippen LogP contribution >= 0.6 is 0 Å². The van der Waals surface area contributed by atoms with E-state index in [9.17, 15) is 0 Å². The van der Waals surface area contributed by atoms with Gasteiger partial charge in [0.2, 0.25) is 0 Å². The summed E-state index contributed by atoms with van der Waals surface area (Å²) in [5, 5.41) is 0. The average Bonchev–Trinajstić information content (AvgIpc) is 0. The molecule has 0 saturated heterocycles. The molecule has 0 heterocycles. The Bertz CT molecular complexity index is 4.85. The molecule has 0 aliphatic carbocycles. The first-order valence-electron chi connectivity index (χ1n) is 0. The van der Waals surface area contributed by atoms with E-state index in [1.165, 1.54) is 0 Å². The molecule has 0 atom stereocenters. The van der Waals surface area contributed by atoms with Crippen molar-refractivity contribution in [3.63, 3.8) is 0 Å². The van der Waals surface area contributed by atoms with Crippen molar-refractivity contribution in [1.29, 1.82) is 0 Å². The van der Waals surface area contributed by atoms with E-state index in [1.807, 2.05) is 0 Å². The SMILES string of the molecule is [Cl-].[Cl-].[Cl-].[Zr+2].[Zr+]. The molecule has 0 saturated carbocycles. The maximum atomic E-state index is 0. The van der Waals surface area contributed by atoms with Crippen molar-refractivity contribution in [2.45, 2.75) is 0 Å². The second-order valence-electron chi connectivity index (χ2n) is 0. The molecule has 0 aliphatic heterocycles. The van der Waals surface area contributed by atoms with Crippen molar-refractivity contribution in [2.24, 2.45) is 0 Å². The standard InChI is InChI=1S/3ClH.2Zr/h3*1H;;/q;;;+1;+2/p-3. The van der Waals surface area contributed by atoms with Gasteiger partial charge in [0.1, 0.15) is 0 Å². The second-order valence-corrected chi connectivity index (χ2v) is 0. The Balaban J connectivity index is 0. The Morgan fingerprint density at radius 3 is 0.600 bits per heavy atom. The zero-order valence-electron chi connectivity index (χ0n) is 2.13. The Labute approximate surface area is 88.3 Å². The van der Waals surface area contributed by atoms with Crippen molar-refractivity contribution in [3.05, 3.63) is 0 Å². The molecule has 0 aromatic carbocycles. The minimum Gasteiger partial charge on any atom is -1.00 e. The Morgan fingerprint density at radius 1 is 0.600 bits per heavy atom. The van der Waals surface area contributed by atoms with Crippen LogP contribution in [0.3, 0.4) is 0 Å². The van der Waals surface area contributed by atoms with E-state index in [-0.39, 0.29) is 89.6 Å². The molecule has 0 nitrogen and oxygen atoms in total. The van der Waals surface area contributed by atoms with Crippen molar-refractivity contribution < 1.29 is 89.6 Å². The maximum Gasteiger partial charge on any atom is 2.00 e. The molecule has 0 N–H and O–H groups in total. The molecule has 0 spiro atoms. The van der Waals surface area contributed by atoms with Crippen LogP contribution in [0.15, 0.2) is 0 Å². The Hall–Kier alpha value is 2.64. The molecular weight excluding hydrogens is 289 g/mol. The molecule has 0 rings (SSSR count). The van der Waals surface area contributed by atoms with Gasteiger partial charge in [-0.1, -0.05) is 0 Å². The zero-order valence-corrected chi connectivity index (χ0v) is 9.32. The predicted molar refractivity (Wildman–Crippen MR) is 0 cm³/mol. The van der Waals surface area contributed by atoms with Gasteiger partial charge in [0.15, 0.2) is 0 Å². The first-order valence-corrected chi connectivity index (χ1v) is 0. The summed E-state index contributed by atoms with van der Waals surface area (Å²) in [7, 11) is 0. The van der Waals surface area contributed by atoms with Crippen molar-refractivity contribution in [1.82, 2.24) is 0 Å². The van der Waals surface area contributed by atoms with E-state index in [1.54, 1.807) is 0 Å². The monoisotopic (exact) mass is 285 g/mol. The quantitative estimate of drug-likeness (QED) is 0.415. The fraction of sp³-hybridized carbons (Fsp3) is 0. The van der Waals surface area contributed by atoms with Crippen LogP contribution in [0, 0.1) is 0 Å². The van der Waals surface area contributed by atoms with Crippen LogP contribution in [0.2, 0.25) is 0 Å². The van der Waals surface area contributed by atoms with Crippen LogP contribution in [0.5, 0.6) is 0 Å². The van der Waals surface area contributed by atoms with Gasteiger partial charge in [-0.2, -0.15) is 0 Å². The summed E-state index contributed by atoms with van der Waals surface area (Å²) in [6.45, 7) is 0. The molecule has 0 aromatic heterocycles. The third-order valence-corrected chi connectivity index (χ3v) is 0. The van der Waals surface area contributed by atoms with Crippen LogP contribution in [0.25, 0.3) is 0 Å². The third kappa shape index (κ3) is 20.5. The van der Waals surface area contributed by atoms with Crippen LogP contribution < -0.4 is 37.2 Å². The first-order chi connectivity index (χ1) is 0. The molecule has 1 radical (unpaired) electrons. The summed E-state index contributed by atoms with van der Waals surface area (Å²) in [5.74, 6) is 0. The van der Waals surface area contributed by atoms with Crippen LogP contribution in [0.1, 0.15) is 0 Å². The van der Waals surface area contributed by atoms with Gasteiger partial charge in [-0.05, 0) is 0 Å². The number of halogens is 3. The van der Waals surface area contributed by atoms with E-state index in [0.717, 1.165) is 0 Å². The zero-order chi connectivity index (χ0) is 0. The van der Waals surface area contributed by atoms with Gasteiger partial charge in [0.05, 0.1) is 0 Å². The van der Waals surface area contributed by atoms with Gasteiger partial charge in [0, 0.05) is 0 Å². The molecule has 5 heavy (non-hydrogen) atoms. The topological polar surface area (TPSA) is 0 Å². The summed E-state index contributed by atoms with van der Waals surface area (Å²) in [6.07, 6.45) is 0. The van der Waals surface area contributed by atoms with Gasteiger partial charge in [-0.3, -0.25) is 0 Å². The molecule has 0 aliphatic rings. The van der Waals surface area contributed by atoms with E-state index in [0.29, 0.717) is 0 Å². The van der Waals surface area contributed by atoms with Crippen molar-refractivity contribution in [3.8, 4) is 0 Å². The molecule has 0 aromatic rings. The third-order valence-electron chi connectivity index (χ3n) is 0. The van der Waals surface area contributed by atoms with E-state index in [4.69, 9.17) is 0 Å². The maximum absolute atomic E-state index is 0. The van der Waals surface area contributed by atoms with Crippen molar-refractivity contribution >= 4 is 0 Å². The van der Waals surface area contributed by atoms with Crippen molar-refractivity contribution in [2.75, 3.05) is 0 Å². The predicted octanol–water partition coefficient (Wildman–Crippen LogP) is -8.99. The normalized spacial score (nSPS) is 0. The summed E-state index contributed by atoms with van der Waals surface area (Å²) < 4.78 is 0. The summed E-state index contributed by atoms with van der Waals surface area (Å²) in [5.41, 5.74) is 0. The van der Waals surface area contributed by atoms with Crippen LogP contribution in [-0.2, 0) is 52.4 Å². The minimum absolute atomic E-state index is 0. The van der Waals surface area contributed by atoms with E-state index >= 15 is 0 Å². The molecular formula is Cl3Zr2. The average molecular weight is 289 g/mol. The molecule has 29 valence electrons. The molecule has 0 bridgehead atoms. The van der Waals surface area contributed by atoms with Gasteiger partial charge in [0.25, 0.3) is 0 Å². The summed E-state index contributed by atoms with van der Waals surface area (Å²) >= 11 is 0. The van der Waals surface area contributed by atoms with Gasteiger partial charge < -0.3 is 37.2 Å². The second kappa shape index (κ2) is 30.3. The number of hydrogen-bond acceptors (Lipinski definition) is 0. The number of rotatable bonds is 0. The number of hydrogen-bond donors (Lipinski definition) is 0. The molecule has 5 heteroatoms. The largest absolute Gasteiger partial charge is 2.00 e. The summed E-state index contributed by atoms with van der Waals surface area (Å²) in [6, 6.07) is 0. The molecule has 0 amide bonds. The molecule has 0 unspecified atom stereocenters. The van der Waals surface area contributed by atoms with Gasteiger partial charge in [-0.15, -0.1) is 0 Å². The van der Waals surface area contributed by atoms with Gasteiger partial charge in [-0.25, -0.2) is 0 Å².